The third kappa shape index (κ3) is 3.54. The summed E-state index contributed by atoms with van der Waals surface area (Å²) in [4.78, 5) is 12.5. The Kier molecular flexibility index (Phi) is 4.52. The van der Waals surface area contributed by atoms with Crippen molar-refractivity contribution >= 4 is 23.4 Å². The van der Waals surface area contributed by atoms with Crippen LogP contribution in [-0.2, 0) is 11.3 Å². The summed E-state index contributed by atoms with van der Waals surface area (Å²) in [7, 11) is 1.35. The Morgan fingerprint density at radius 1 is 1.37 bits per heavy atom. The fraction of sp³-hybridized carbons (Fsp3) is 0.214. The summed E-state index contributed by atoms with van der Waals surface area (Å²) in [5, 5.41) is 3.23. The highest BCUT2D eigenvalue weighted by molar-refractivity contribution is 7.98. The highest BCUT2D eigenvalue weighted by Crippen LogP contribution is 2.18. The van der Waals surface area contributed by atoms with Crippen LogP contribution in [-0.4, -0.2) is 19.3 Å². The SMILES string of the molecule is COC(=O)c1coc(CNc2ccc(SC)cc2)c1. The molecule has 0 saturated heterocycles. The van der Waals surface area contributed by atoms with Crippen LogP contribution in [0.25, 0.3) is 0 Å². The van der Waals surface area contributed by atoms with E-state index in [0.29, 0.717) is 17.9 Å². The third-order valence-electron chi connectivity index (χ3n) is 2.63. The molecule has 0 aliphatic rings. The molecule has 2 rings (SSSR count). The standard InChI is InChI=1S/C14H15NO3S/c1-17-14(16)10-7-12(18-9-10)8-15-11-3-5-13(19-2)6-4-11/h3-7,9,15H,8H2,1-2H3. The minimum atomic E-state index is -0.390. The van der Waals surface area contributed by atoms with Crippen molar-refractivity contribution in [1.29, 1.82) is 0 Å². The molecule has 0 aliphatic carbocycles. The summed E-state index contributed by atoms with van der Waals surface area (Å²) in [6.45, 7) is 0.523. The first-order valence-corrected chi connectivity index (χ1v) is 6.99. The van der Waals surface area contributed by atoms with Crippen molar-refractivity contribution in [3.63, 3.8) is 0 Å². The number of carbonyl (C=O) groups excluding carboxylic acids is 1. The number of rotatable bonds is 5. The summed E-state index contributed by atoms with van der Waals surface area (Å²) >= 11 is 1.70. The quantitative estimate of drug-likeness (QED) is 0.670. The molecule has 100 valence electrons. The lowest BCUT2D eigenvalue weighted by molar-refractivity contribution is 0.0600. The second-order valence-electron chi connectivity index (χ2n) is 3.88. The van der Waals surface area contributed by atoms with Gasteiger partial charge in [-0.05, 0) is 36.6 Å². The molecule has 0 aliphatic heterocycles. The molecule has 19 heavy (non-hydrogen) atoms. The monoisotopic (exact) mass is 277 g/mol. The van der Waals surface area contributed by atoms with E-state index in [1.807, 2.05) is 18.4 Å². The number of esters is 1. The predicted molar refractivity (Wildman–Crippen MR) is 75.6 cm³/mol. The number of ether oxygens (including phenoxy) is 1. The molecule has 1 heterocycles. The summed E-state index contributed by atoms with van der Waals surface area (Å²) in [6, 6.07) is 9.80. The number of hydrogen-bond acceptors (Lipinski definition) is 5. The largest absolute Gasteiger partial charge is 0.467 e. The fourth-order valence-electron chi connectivity index (χ4n) is 1.60. The van der Waals surface area contributed by atoms with Crippen LogP contribution in [0.5, 0.6) is 0 Å². The molecule has 0 fully saturated rings. The van der Waals surface area contributed by atoms with Gasteiger partial charge in [0, 0.05) is 10.6 Å². The maximum Gasteiger partial charge on any atom is 0.341 e. The van der Waals surface area contributed by atoms with Gasteiger partial charge in [0.1, 0.15) is 12.0 Å². The van der Waals surface area contributed by atoms with Crippen LogP contribution in [0, 0.1) is 0 Å². The van der Waals surface area contributed by atoms with E-state index in [1.165, 1.54) is 18.3 Å². The van der Waals surface area contributed by atoms with Gasteiger partial charge in [-0.25, -0.2) is 4.79 Å². The highest BCUT2D eigenvalue weighted by Gasteiger charge is 2.09. The third-order valence-corrected chi connectivity index (χ3v) is 3.38. The molecule has 0 radical (unpaired) electrons. The van der Waals surface area contributed by atoms with Crippen molar-refractivity contribution in [1.82, 2.24) is 0 Å². The highest BCUT2D eigenvalue weighted by atomic mass is 32.2. The summed E-state index contributed by atoms with van der Waals surface area (Å²) < 4.78 is 9.90. The van der Waals surface area contributed by atoms with Crippen LogP contribution in [0.4, 0.5) is 5.69 Å². The molecule has 0 amide bonds. The number of carbonyl (C=O) groups is 1. The predicted octanol–water partition coefficient (Wildman–Crippen LogP) is 3.40. The van der Waals surface area contributed by atoms with Gasteiger partial charge in [-0.2, -0.15) is 0 Å². The van der Waals surface area contributed by atoms with Crippen LogP contribution < -0.4 is 5.32 Å². The van der Waals surface area contributed by atoms with Crippen molar-refractivity contribution in [3.05, 3.63) is 47.9 Å². The smallest absolute Gasteiger partial charge is 0.341 e. The number of furan rings is 1. The van der Waals surface area contributed by atoms with Gasteiger partial charge in [0.2, 0.25) is 0 Å². The van der Waals surface area contributed by atoms with Crippen molar-refractivity contribution < 1.29 is 13.9 Å². The van der Waals surface area contributed by atoms with Crippen LogP contribution in [0.15, 0.2) is 45.9 Å². The minimum absolute atomic E-state index is 0.390. The van der Waals surface area contributed by atoms with E-state index in [4.69, 9.17) is 4.42 Å². The molecule has 5 heteroatoms. The van der Waals surface area contributed by atoms with E-state index >= 15 is 0 Å². The van der Waals surface area contributed by atoms with Crippen molar-refractivity contribution in [2.24, 2.45) is 0 Å². The van der Waals surface area contributed by atoms with Gasteiger partial charge in [0.05, 0.1) is 19.2 Å². The lowest BCUT2D eigenvalue weighted by Gasteiger charge is -2.04. The number of hydrogen-bond donors (Lipinski definition) is 1. The Morgan fingerprint density at radius 3 is 2.74 bits per heavy atom. The maximum atomic E-state index is 11.3. The second kappa shape index (κ2) is 6.33. The molecule has 4 nitrogen and oxygen atoms in total. The average molecular weight is 277 g/mol. The van der Waals surface area contributed by atoms with E-state index in [1.54, 1.807) is 17.8 Å². The van der Waals surface area contributed by atoms with Crippen LogP contribution in [0.1, 0.15) is 16.1 Å². The van der Waals surface area contributed by atoms with Gasteiger partial charge in [-0.3, -0.25) is 0 Å². The van der Waals surface area contributed by atoms with E-state index < -0.39 is 0 Å². The normalized spacial score (nSPS) is 10.2. The fourth-order valence-corrected chi connectivity index (χ4v) is 2.00. The van der Waals surface area contributed by atoms with Crippen molar-refractivity contribution in [3.8, 4) is 0 Å². The van der Waals surface area contributed by atoms with E-state index in [9.17, 15) is 4.79 Å². The Morgan fingerprint density at radius 2 is 2.11 bits per heavy atom. The molecule has 2 aromatic rings. The zero-order chi connectivity index (χ0) is 13.7. The first-order chi connectivity index (χ1) is 9.22. The summed E-state index contributed by atoms with van der Waals surface area (Å²) in [5.74, 6) is 0.300. The topological polar surface area (TPSA) is 51.5 Å². The van der Waals surface area contributed by atoms with Gasteiger partial charge < -0.3 is 14.5 Å². The average Bonchev–Trinajstić information content (AvgIpc) is 2.93. The first kappa shape index (κ1) is 13.5. The Labute approximate surface area is 116 Å². The molecule has 0 atom stereocenters. The summed E-state index contributed by atoms with van der Waals surface area (Å²) in [6.07, 6.45) is 3.44. The molecule has 1 N–H and O–H groups in total. The lowest BCUT2D eigenvalue weighted by Crippen LogP contribution is -2.00. The molecule has 0 spiro atoms. The zero-order valence-corrected chi connectivity index (χ0v) is 11.6. The number of benzene rings is 1. The van der Waals surface area contributed by atoms with Gasteiger partial charge in [0.15, 0.2) is 0 Å². The van der Waals surface area contributed by atoms with Crippen LogP contribution in [0.3, 0.4) is 0 Å². The Bertz CT molecular complexity index is 548. The van der Waals surface area contributed by atoms with Crippen LogP contribution in [0.2, 0.25) is 0 Å². The second-order valence-corrected chi connectivity index (χ2v) is 4.75. The van der Waals surface area contributed by atoms with Gasteiger partial charge in [-0.15, -0.1) is 11.8 Å². The number of nitrogens with one attached hydrogen (secondary N) is 1. The molecular formula is C14H15NO3S. The minimum Gasteiger partial charge on any atom is -0.467 e. The van der Waals surface area contributed by atoms with Gasteiger partial charge in [0.25, 0.3) is 0 Å². The van der Waals surface area contributed by atoms with E-state index in [2.05, 4.69) is 22.2 Å². The lowest BCUT2D eigenvalue weighted by atomic mass is 10.3. The Hall–Kier alpha value is -1.88. The molecular weight excluding hydrogens is 262 g/mol. The number of methoxy groups -OCH3 is 1. The van der Waals surface area contributed by atoms with Gasteiger partial charge in [-0.1, -0.05) is 0 Å². The molecule has 0 saturated carbocycles. The van der Waals surface area contributed by atoms with Crippen LogP contribution >= 0.6 is 11.8 Å². The number of anilines is 1. The molecule has 1 aromatic heterocycles. The molecule has 1 aromatic carbocycles. The zero-order valence-electron chi connectivity index (χ0n) is 10.8. The van der Waals surface area contributed by atoms with Crippen molar-refractivity contribution in [2.75, 3.05) is 18.7 Å². The molecule has 0 bridgehead atoms. The molecule has 0 unspecified atom stereocenters. The van der Waals surface area contributed by atoms with E-state index in [-0.39, 0.29) is 5.97 Å². The van der Waals surface area contributed by atoms with E-state index in [0.717, 1.165) is 5.69 Å². The van der Waals surface area contributed by atoms with Gasteiger partial charge >= 0.3 is 5.97 Å². The Balaban J connectivity index is 1.94. The van der Waals surface area contributed by atoms with Crippen molar-refractivity contribution in [2.45, 2.75) is 11.4 Å². The maximum absolute atomic E-state index is 11.3. The summed E-state index contributed by atoms with van der Waals surface area (Å²) in [5.41, 5.74) is 1.44. The first-order valence-electron chi connectivity index (χ1n) is 5.76. The number of thioether (sulfide) groups is 1.